The molecule has 2 rings (SSSR count). The van der Waals surface area contributed by atoms with Crippen molar-refractivity contribution >= 4 is 15.9 Å². The summed E-state index contributed by atoms with van der Waals surface area (Å²) in [6, 6.07) is 8.43. The van der Waals surface area contributed by atoms with Crippen LogP contribution in [0.3, 0.4) is 0 Å². The molecule has 0 aliphatic carbocycles. The molecule has 1 unspecified atom stereocenters. The Morgan fingerprint density at radius 3 is 3.12 bits per heavy atom. The van der Waals surface area contributed by atoms with Gasteiger partial charge in [-0.2, -0.15) is 0 Å². The molecule has 0 bridgehead atoms. The lowest BCUT2D eigenvalue weighted by molar-refractivity contribution is -0.0260. The molecule has 0 radical (unpaired) electrons. The third kappa shape index (κ3) is 3.28. The Kier molecular flexibility index (Phi) is 4.35. The summed E-state index contributed by atoms with van der Waals surface area (Å²) in [5.41, 5.74) is 6.95. The summed E-state index contributed by atoms with van der Waals surface area (Å²) in [5.74, 6) is 0. The van der Waals surface area contributed by atoms with Crippen molar-refractivity contribution in [2.75, 3.05) is 26.2 Å². The lowest BCUT2D eigenvalue weighted by atomic mass is 10.2. The van der Waals surface area contributed by atoms with Crippen molar-refractivity contribution in [2.24, 2.45) is 5.73 Å². The van der Waals surface area contributed by atoms with Crippen LogP contribution in [0.1, 0.15) is 5.56 Å². The predicted octanol–water partition coefficient (Wildman–Crippen LogP) is 1.61. The highest BCUT2D eigenvalue weighted by molar-refractivity contribution is 9.10. The number of ether oxygens (including phenoxy) is 1. The lowest BCUT2D eigenvalue weighted by Crippen LogP contribution is -2.45. The first-order valence-electron chi connectivity index (χ1n) is 5.56. The van der Waals surface area contributed by atoms with Crippen molar-refractivity contribution in [1.82, 2.24) is 4.90 Å². The molecule has 0 spiro atoms. The molecule has 1 aromatic rings. The SMILES string of the molecule is NCC1CN(Cc2cccc(Br)c2)CCO1. The average molecular weight is 285 g/mol. The van der Waals surface area contributed by atoms with E-state index < -0.39 is 0 Å². The molecule has 1 atom stereocenters. The smallest absolute Gasteiger partial charge is 0.0824 e. The molecule has 1 saturated heterocycles. The van der Waals surface area contributed by atoms with E-state index >= 15 is 0 Å². The quantitative estimate of drug-likeness (QED) is 0.917. The second kappa shape index (κ2) is 5.77. The second-order valence-electron chi connectivity index (χ2n) is 4.09. The van der Waals surface area contributed by atoms with Gasteiger partial charge in [-0.3, -0.25) is 4.90 Å². The number of nitrogens with zero attached hydrogens (tertiary/aromatic N) is 1. The lowest BCUT2D eigenvalue weighted by Gasteiger charge is -2.32. The van der Waals surface area contributed by atoms with Crippen LogP contribution in [-0.2, 0) is 11.3 Å². The van der Waals surface area contributed by atoms with Gasteiger partial charge in [-0.15, -0.1) is 0 Å². The minimum Gasteiger partial charge on any atom is -0.374 e. The Hall–Kier alpha value is -0.420. The van der Waals surface area contributed by atoms with Crippen LogP contribution >= 0.6 is 15.9 Å². The summed E-state index contributed by atoms with van der Waals surface area (Å²) in [6.45, 7) is 4.29. The summed E-state index contributed by atoms with van der Waals surface area (Å²) in [5, 5.41) is 0. The van der Waals surface area contributed by atoms with E-state index in [4.69, 9.17) is 10.5 Å². The number of benzene rings is 1. The van der Waals surface area contributed by atoms with Crippen molar-refractivity contribution < 1.29 is 4.74 Å². The summed E-state index contributed by atoms with van der Waals surface area (Å²) in [7, 11) is 0. The van der Waals surface area contributed by atoms with E-state index in [1.165, 1.54) is 5.56 Å². The Morgan fingerprint density at radius 1 is 1.50 bits per heavy atom. The number of hydrogen-bond acceptors (Lipinski definition) is 3. The van der Waals surface area contributed by atoms with Crippen LogP contribution in [0.25, 0.3) is 0 Å². The van der Waals surface area contributed by atoms with Gasteiger partial charge in [0.25, 0.3) is 0 Å². The molecule has 0 aromatic heterocycles. The fourth-order valence-corrected chi connectivity index (χ4v) is 2.41. The zero-order chi connectivity index (χ0) is 11.4. The van der Waals surface area contributed by atoms with E-state index in [-0.39, 0.29) is 6.10 Å². The normalized spacial score (nSPS) is 22.2. The van der Waals surface area contributed by atoms with Crippen molar-refractivity contribution in [3.63, 3.8) is 0 Å². The van der Waals surface area contributed by atoms with E-state index in [0.29, 0.717) is 6.54 Å². The summed E-state index contributed by atoms with van der Waals surface area (Å²) in [6.07, 6.45) is 0.195. The first-order valence-corrected chi connectivity index (χ1v) is 6.35. The van der Waals surface area contributed by atoms with Crippen molar-refractivity contribution in [2.45, 2.75) is 12.6 Å². The van der Waals surface area contributed by atoms with Gasteiger partial charge in [-0.1, -0.05) is 28.1 Å². The minimum atomic E-state index is 0.195. The van der Waals surface area contributed by atoms with Crippen molar-refractivity contribution in [3.8, 4) is 0 Å². The summed E-state index contributed by atoms with van der Waals surface area (Å²) >= 11 is 3.49. The average Bonchev–Trinajstić information content (AvgIpc) is 2.29. The van der Waals surface area contributed by atoms with Crippen LogP contribution in [0, 0.1) is 0 Å². The molecule has 88 valence electrons. The van der Waals surface area contributed by atoms with Gasteiger partial charge in [-0.25, -0.2) is 0 Å². The number of morpholine rings is 1. The molecule has 3 nitrogen and oxygen atoms in total. The van der Waals surface area contributed by atoms with Gasteiger partial charge >= 0.3 is 0 Å². The van der Waals surface area contributed by atoms with Crippen LogP contribution in [0.15, 0.2) is 28.7 Å². The standard InChI is InChI=1S/C12H17BrN2O/c13-11-3-1-2-10(6-11)8-15-4-5-16-12(7-14)9-15/h1-3,6,12H,4-5,7-9,14H2. The highest BCUT2D eigenvalue weighted by atomic mass is 79.9. The molecule has 0 amide bonds. The van der Waals surface area contributed by atoms with E-state index in [9.17, 15) is 0 Å². The van der Waals surface area contributed by atoms with Crippen LogP contribution in [-0.4, -0.2) is 37.2 Å². The second-order valence-corrected chi connectivity index (χ2v) is 5.01. The largest absolute Gasteiger partial charge is 0.374 e. The molecule has 1 heterocycles. The van der Waals surface area contributed by atoms with E-state index in [2.05, 4.69) is 39.0 Å². The fraction of sp³-hybridized carbons (Fsp3) is 0.500. The van der Waals surface area contributed by atoms with Gasteiger partial charge < -0.3 is 10.5 Å². The highest BCUT2D eigenvalue weighted by Gasteiger charge is 2.18. The first kappa shape index (κ1) is 12.0. The zero-order valence-electron chi connectivity index (χ0n) is 9.23. The van der Waals surface area contributed by atoms with E-state index in [0.717, 1.165) is 30.7 Å². The molecule has 1 aliphatic heterocycles. The van der Waals surface area contributed by atoms with E-state index in [1.807, 2.05) is 6.07 Å². The Balaban J connectivity index is 1.94. The highest BCUT2D eigenvalue weighted by Crippen LogP contribution is 2.15. The monoisotopic (exact) mass is 284 g/mol. The van der Waals surface area contributed by atoms with Crippen LogP contribution in [0.4, 0.5) is 0 Å². The molecule has 1 aromatic carbocycles. The third-order valence-corrected chi connectivity index (χ3v) is 3.27. The Morgan fingerprint density at radius 2 is 2.38 bits per heavy atom. The number of rotatable bonds is 3. The van der Waals surface area contributed by atoms with Gasteiger partial charge in [0, 0.05) is 30.7 Å². The Bertz CT molecular complexity index is 346. The molecule has 4 heteroatoms. The molecule has 16 heavy (non-hydrogen) atoms. The summed E-state index contributed by atoms with van der Waals surface area (Å²) < 4.78 is 6.68. The maximum atomic E-state index is 5.62. The first-order chi connectivity index (χ1) is 7.78. The molecular formula is C12H17BrN2O. The predicted molar refractivity (Wildman–Crippen MR) is 68.2 cm³/mol. The molecule has 2 N–H and O–H groups in total. The molecule has 0 saturated carbocycles. The van der Waals surface area contributed by atoms with Gasteiger partial charge in [0.2, 0.25) is 0 Å². The minimum absolute atomic E-state index is 0.195. The van der Waals surface area contributed by atoms with Crippen molar-refractivity contribution in [1.29, 1.82) is 0 Å². The van der Waals surface area contributed by atoms with Gasteiger partial charge in [0.15, 0.2) is 0 Å². The number of nitrogens with two attached hydrogens (primary N) is 1. The van der Waals surface area contributed by atoms with E-state index in [1.54, 1.807) is 0 Å². The van der Waals surface area contributed by atoms with Crippen LogP contribution in [0.2, 0.25) is 0 Å². The third-order valence-electron chi connectivity index (χ3n) is 2.78. The molecule has 1 aliphatic rings. The van der Waals surface area contributed by atoms with Gasteiger partial charge in [0.05, 0.1) is 12.7 Å². The van der Waals surface area contributed by atoms with Crippen LogP contribution < -0.4 is 5.73 Å². The zero-order valence-corrected chi connectivity index (χ0v) is 10.8. The van der Waals surface area contributed by atoms with Gasteiger partial charge in [0.1, 0.15) is 0 Å². The molecule has 1 fully saturated rings. The van der Waals surface area contributed by atoms with Crippen LogP contribution in [0.5, 0.6) is 0 Å². The maximum absolute atomic E-state index is 5.62. The number of halogens is 1. The fourth-order valence-electron chi connectivity index (χ4n) is 1.96. The summed E-state index contributed by atoms with van der Waals surface area (Å²) in [4.78, 5) is 2.39. The number of hydrogen-bond donors (Lipinski definition) is 1. The topological polar surface area (TPSA) is 38.5 Å². The Labute approximate surface area is 105 Å². The maximum Gasteiger partial charge on any atom is 0.0824 e. The van der Waals surface area contributed by atoms with Gasteiger partial charge in [-0.05, 0) is 17.7 Å². The van der Waals surface area contributed by atoms with Crippen molar-refractivity contribution in [3.05, 3.63) is 34.3 Å². The molecular weight excluding hydrogens is 268 g/mol.